The highest BCUT2D eigenvalue weighted by atomic mass is 32.2. The van der Waals surface area contributed by atoms with Crippen molar-refractivity contribution in [3.8, 4) is 0 Å². The predicted octanol–water partition coefficient (Wildman–Crippen LogP) is 3.16. The van der Waals surface area contributed by atoms with Crippen LogP contribution in [0.4, 0.5) is 10.8 Å². The number of nitrogens with zero attached hydrogens (tertiary/aromatic N) is 2. The van der Waals surface area contributed by atoms with Crippen molar-refractivity contribution in [2.24, 2.45) is 0 Å². The van der Waals surface area contributed by atoms with Crippen molar-refractivity contribution in [2.75, 3.05) is 28.9 Å². The molecule has 10 heteroatoms. The van der Waals surface area contributed by atoms with Crippen molar-refractivity contribution in [3.63, 3.8) is 0 Å². The van der Waals surface area contributed by atoms with Crippen molar-refractivity contribution < 1.29 is 17.9 Å². The fraction of sp³-hybridized carbons (Fsp3) is 0.500. The molecule has 164 valence electrons. The number of hydrogen-bond donors (Lipinski definition) is 2. The summed E-state index contributed by atoms with van der Waals surface area (Å²) in [6.45, 7) is 8.33. The number of sulfonamides is 1. The number of anilines is 2. The van der Waals surface area contributed by atoms with E-state index >= 15 is 0 Å². The highest BCUT2D eigenvalue weighted by molar-refractivity contribution is 7.92. The number of nitrogens with one attached hydrogen (secondary N) is 2. The SMILES string of the molecule is CCCS(=O)(=O)Nc1cccc(C(=O)Nc2nc(CN3C[C@H](C)O[C@@H](C)C3)cs2)c1. The molecule has 0 aliphatic carbocycles. The number of carbonyl (C=O) groups excluding carboxylic acids is 1. The molecule has 0 saturated carbocycles. The average Bonchev–Trinajstić information content (AvgIpc) is 3.07. The lowest BCUT2D eigenvalue weighted by molar-refractivity contribution is -0.0707. The van der Waals surface area contributed by atoms with Gasteiger partial charge in [0, 0.05) is 36.3 Å². The van der Waals surface area contributed by atoms with Crippen LogP contribution in [-0.4, -0.2) is 55.3 Å². The molecule has 1 aromatic carbocycles. The van der Waals surface area contributed by atoms with Crippen LogP contribution in [0.5, 0.6) is 0 Å². The van der Waals surface area contributed by atoms with E-state index in [1.165, 1.54) is 17.4 Å². The Balaban J connectivity index is 1.61. The standard InChI is InChI=1S/C20H28N4O4S2/c1-4-8-30(26,27)23-17-7-5-6-16(9-17)19(25)22-20-21-18(13-29-20)12-24-10-14(2)28-15(3)11-24/h5-7,9,13-15,23H,4,8,10-12H2,1-3H3,(H,21,22,25)/t14-,15-/m0/s1. The molecule has 2 heterocycles. The second kappa shape index (κ2) is 9.86. The lowest BCUT2D eigenvalue weighted by Crippen LogP contribution is -2.44. The smallest absolute Gasteiger partial charge is 0.257 e. The molecule has 0 radical (unpaired) electrons. The van der Waals surface area contributed by atoms with E-state index in [0.717, 1.165) is 18.8 Å². The highest BCUT2D eigenvalue weighted by Gasteiger charge is 2.23. The van der Waals surface area contributed by atoms with Crippen LogP contribution >= 0.6 is 11.3 Å². The summed E-state index contributed by atoms with van der Waals surface area (Å²) in [5.41, 5.74) is 1.63. The van der Waals surface area contributed by atoms with Crippen molar-refractivity contribution in [2.45, 2.75) is 45.9 Å². The van der Waals surface area contributed by atoms with Crippen LogP contribution in [0.25, 0.3) is 0 Å². The Labute approximate surface area is 181 Å². The summed E-state index contributed by atoms with van der Waals surface area (Å²) in [5, 5.41) is 5.25. The zero-order valence-corrected chi connectivity index (χ0v) is 19.1. The molecule has 8 nitrogen and oxygen atoms in total. The van der Waals surface area contributed by atoms with Crippen LogP contribution in [0.2, 0.25) is 0 Å². The molecule has 1 aromatic heterocycles. The minimum absolute atomic E-state index is 0.0337. The Hall–Kier alpha value is -2.01. The topological polar surface area (TPSA) is 101 Å². The summed E-state index contributed by atoms with van der Waals surface area (Å²) in [6, 6.07) is 6.42. The van der Waals surface area contributed by atoms with E-state index in [9.17, 15) is 13.2 Å². The van der Waals surface area contributed by atoms with Crippen LogP contribution in [0, 0.1) is 0 Å². The van der Waals surface area contributed by atoms with E-state index in [1.54, 1.807) is 25.1 Å². The van der Waals surface area contributed by atoms with E-state index in [1.807, 2.05) is 5.38 Å². The van der Waals surface area contributed by atoms with E-state index in [-0.39, 0.29) is 23.9 Å². The summed E-state index contributed by atoms with van der Waals surface area (Å²) >= 11 is 1.37. The monoisotopic (exact) mass is 452 g/mol. The Bertz CT molecular complexity index is 967. The van der Waals surface area contributed by atoms with Gasteiger partial charge in [-0.05, 0) is 38.5 Å². The maximum atomic E-state index is 12.6. The van der Waals surface area contributed by atoms with Gasteiger partial charge in [-0.25, -0.2) is 13.4 Å². The molecule has 2 aromatic rings. The fourth-order valence-corrected chi connectivity index (χ4v) is 5.29. The second-order valence-electron chi connectivity index (χ2n) is 7.55. The number of aromatic nitrogens is 1. The highest BCUT2D eigenvalue weighted by Crippen LogP contribution is 2.21. The molecular weight excluding hydrogens is 424 g/mol. The Morgan fingerprint density at radius 2 is 2.03 bits per heavy atom. The van der Waals surface area contributed by atoms with Gasteiger partial charge in [0.25, 0.3) is 5.91 Å². The van der Waals surface area contributed by atoms with Gasteiger partial charge in [0.15, 0.2) is 5.13 Å². The molecule has 1 aliphatic heterocycles. The minimum Gasteiger partial charge on any atom is -0.373 e. The minimum atomic E-state index is -3.41. The Kier molecular flexibility index (Phi) is 7.45. The van der Waals surface area contributed by atoms with Gasteiger partial charge in [0.1, 0.15) is 0 Å². The van der Waals surface area contributed by atoms with Crippen LogP contribution in [0.15, 0.2) is 29.6 Å². The van der Waals surface area contributed by atoms with Gasteiger partial charge >= 0.3 is 0 Å². The maximum Gasteiger partial charge on any atom is 0.257 e. The largest absolute Gasteiger partial charge is 0.373 e. The lowest BCUT2D eigenvalue weighted by atomic mass is 10.2. The zero-order valence-electron chi connectivity index (χ0n) is 17.4. The van der Waals surface area contributed by atoms with Gasteiger partial charge in [0.05, 0.1) is 23.7 Å². The first-order valence-corrected chi connectivity index (χ1v) is 12.5. The van der Waals surface area contributed by atoms with E-state index in [2.05, 4.69) is 33.8 Å². The molecule has 0 bridgehead atoms. The van der Waals surface area contributed by atoms with Crippen LogP contribution in [0.1, 0.15) is 43.2 Å². The normalized spacial score (nSPS) is 20.1. The van der Waals surface area contributed by atoms with Crippen molar-refractivity contribution in [1.82, 2.24) is 9.88 Å². The number of morpholine rings is 1. The third kappa shape index (κ3) is 6.49. The van der Waals surface area contributed by atoms with Crippen LogP contribution in [0.3, 0.4) is 0 Å². The third-order valence-electron chi connectivity index (χ3n) is 4.52. The zero-order chi connectivity index (χ0) is 21.7. The maximum absolute atomic E-state index is 12.6. The van der Waals surface area contributed by atoms with Crippen LogP contribution < -0.4 is 10.0 Å². The van der Waals surface area contributed by atoms with Gasteiger partial charge in [0.2, 0.25) is 10.0 Å². The Morgan fingerprint density at radius 3 is 2.73 bits per heavy atom. The van der Waals surface area contributed by atoms with E-state index in [0.29, 0.717) is 29.3 Å². The number of amides is 1. The Morgan fingerprint density at radius 1 is 1.30 bits per heavy atom. The molecule has 1 amide bonds. The molecule has 1 saturated heterocycles. The van der Waals surface area contributed by atoms with Crippen molar-refractivity contribution in [3.05, 3.63) is 40.9 Å². The van der Waals surface area contributed by atoms with Gasteiger partial charge in [-0.3, -0.25) is 19.7 Å². The number of ether oxygens (including phenoxy) is 1. The summed E-state index contributed by atoms with van der Waals surface area (Å²) in [6.07, 6.45) is 0.895. The predicted molar refractivity (Wildman–Crippen MR) is 119 cm³/mol. The molecule has 1 fully saturated rings. The van der Waals surface area contributed by atoms with Gasteiger partial charge in [-0.2, -0.15) is 0 Å². The molecule has 0 spiro atoms. The molecule has 3 rings (SSSR count). The summed E-state index contributed by atoms with van der Waals surface area (Å²) < 4.78 is 32.1. The van der Waals surface area contributed by atoms with Gasteiger partial charge < -0.3 is 4.74 Å². The number of hydrogen-bond acceptors (Lipinski definition) is 7. The van der Waals surface area contributed by atoms with Gasteiger partial charge in [-0.1, -0.05) is 13.0 Å². The van der Waals surface area contributed by atoms with E-state index < -0.39 is 10.0 Å². The first-order valence-electron chi connectivity index (χ1n) is 9.98. The molecule has 30 heavy (non-hydrogen) atoms. The molecule has 1 aliphatic rings. The van der Waals surface area contributed by atoms with Gasteiger partial charge in [-0.15, -0.1) is 11.3 Å². The fourth-order valence-electron chi connectivity index (χ4n) is 3.47. The summed E-state index contributed by atoms with van der Waals surface area (Å²) in [4.78, 5) is 19.4. The average molecular weight is 453 g/mol. The lowest BCUT2D eigenvalue weighted by Gasteiger charge is -2.34. The van der Waals surface area contributed by atoms with Crippen molar-refractivity contribution >= 4 is 38.1 Å². The van der Waals surface area contributed by atoms with E-state index in [4.69, 9.17) is 4.74 Å². The summed E-state index contributed by atoms with van der Waals surface area (Å²) in [7, 11) is -3.41. The summed E-state index contributed by atoms with van der Waals surface area (Å²) in [5.74, 6) is -0.299. The van der Waals surface area contributed by atoms with Crippen molar-refractivity contribution in [1.29, 1.82) is 0 Å². The third-order valence-corrected chi connectivity index (χ3v) is 6.82. The quantitative estimate of drug-likeness (QED) is 0.638. The number of thiazole rings is 1. The molecule has 0 unspecified atom stereocenters. The van der Waals surface area contributed by atoms with Crippen LogP contribution in [-0.2, 0) is 21.3 Å². The number of benzene rings is 1. The molecule has 2 N–H and O–H groups in total. The first-order chi connectivity index (χ1) is 14.2. The molecule has 2 atom stereocenters. The number of carbonyl (C=O) groups is 1. The molecular formula is C20H28N4O4S2. The number of rotatable bonds is 8. The second-order valence-corrected chi connectivity index (χ2v) is 10.3. The first kappa shape index (κ1) is 22.7.